The van der Waals surface area contributed by atoms with Crippen LogP contribution in [0, 0.1) is 6.92 Å². The number of aromatic carboxylic acids is 1. The lowest BCUT2D eigenvalue weighted by Gasteiger charge is -1.99. The van der Waals surface area contributed by atoms with Gasteiger partial charge in [-0.25, -0.2) is 9.48 Å². The Morgan fingerprint density at radius 3 is 2.81 bits per heavy atom. The third-order valence-corrected chi connectivity index (χ3v) is 2.27. The van der Waals surface area contributed by atoms with Crippen LogP contribution >= 0.6 is 0 Å². The number of carboxylic acid groups (broad SMARTS) is 1. The van der Waals surface area contributed by atoms with Crippen molar-refractivity contribution in [1.29, 1.82) is 0 Å². The van der Waals surface area contributed by atoms with Crippen molar-refractivity contribution in [3.8, 4) is 0 Å². The smallest absolute Gasteiger partial charge is 0.358 e. The summed E-state index contributed by atoms with van der Waals surface area (Å²) in [5.74, 6) is -1.07. The second-order valence-electron chi connectivity index (χ2n) is 3.47. The summed E-state index contributed by atoms with van der Waals surface area (Å²) in [5.41, 5.74) is 1.32. The third-order valence-electron chi connectivity index (χ3n) is 2.27. The Morgan fingerprint density at radius 1 is 1.56 bits per heavy atom. The quantitative estimate of drug-likeness (QED) is 0.792. The summed E-state index contributed by atoms with van der Waals surface area (Å²) in [5, 5.41) is 20.4. The minimum Gasteiger partial charge on any atom is -0.476 e. The van der Waals surface area contributed by atoms with Crippen molar-refractivity contribution in [2.45, 2.75) is 13.5 Å². The van der Waals surface area contributed by atoms with E-state index in [9.17, 15) is 4.79 Å². The van der Waals surface area contributed by atoms with Crippen molar-refractivity contribution >= 4 is 5.97 Å². The van der Waals surface area contributed by atoms with Crippen molar-refractivity contribution < 1.29 is 9.90 Å². The molecule has 0 aliphatic heterocycles. The second-order valence-corrected chi connectivity index (χ2v) is 3.47. The van der Waals surface area contributed by atoms with Gasteiger partial charge in [0, 0.05) is 13.2 Å². The zero-order valence-electron chi connectivity index (χ0n) is 8.95. The van der Waals surface area contributed by atoms with Crippen LogP contribution in [0.5, 0.6) is 0 Å². The van der Waals surface area contributed by atoms with E-state index in [0.29, 0.717) is 12.2 Å². The highest BCUT2D eigenvalue weighted by molar-refractivity contribution is 5.86. The van der Waals surface area contributed by atoms with E-state index in [1.165, 1.54) is 4.68 Å². The van der Waals surface area contributed by atoms with Gasteiger partial charge in [-0.15, -0.1) is 5.10 Å². The van der Waals surface area contributed by atoms with Gasteiger partial charge in [0.25, 0.3) is 0 Å². The van der Waals surface area contributed by atoms with Gasteiger partial charge in [0.05, 0.1) is 17.9 Å². The number of hydrogen-bond acceptors (Lipinski definition) is 4. The van der Waals surface area contributed by atoms with Gasteiger partial charge in [-0.05, 0) is 13.0 Å². The van der Waals surface area contributed by atoms with Crippen LogP contribution in [0.15, 0.2) is 12.3 Å². The topological polar surface area (TPSA) is 85.8 Å². The normalized spacial score (nSPS) is 10.6. The molecule has 0 atom stereocenters. The molecular weight excluding hydrogens is 210 g/mol. The minimum atomic E-state index is -1.07. The van der Waals surface area contributed by atoms with Crippen LogP contribution in [-0.4, -0.2) is 35.9 Å². The molecule has 0 aliphatic rings. The number of aromatic nitrogens is 5. The van der Waals surface area contributed by atoms with Crippen LogP contribution in [0.1, 0.15) is 21.9 Å². The fourth-order valence-corrected chi connectivity index (χ4v) is 1.41. The molecule has 7 heteroatoms. The monoisotopic (exact) mass is 221 g/mol. The lowest BCUT2D eigenvalue weighted by Crippen LogP contribution is -2.06. The average molecular weight is 221 g/mol. The highest BCUT2D eigenvalue weighted by atomic mass is 16.4. The summed E-state index contributed by atoms with van der Waals surface area (Å²) in [7, 11) is 1.82. The Kier molecular flexibility index (Phi) is 2.43. The van der Waals surface area contributed by atoms with Crippen molar-refractivity contribution in [1.82, 2.24) is 24.8 Å². The number of carboxylic acids is 1. The van der Waals surface area contributed by atoms with E-state index in [1.807, 2.05) is 19.3 Å². The summed E-state index contributed by atoms with van der Waals surface area (Å²) in [6.07, 6.45) is 1.82. The highest BCUT2D eigenvalue weighted by Gasteiger charge is 2.15. The molecule has 0 saturated carbocycles. The second kappa shape index (κ2) is 3.76. The summed E-state index contributed by atoms with van der Waals surface area (Å²) in [6, 6.07) is 1.85. The average Bonchev–Trinajstić information content (AvgIpc) is 2.76. The Balaban J connectivity index is 2.25. The molecular formula is C9H11N5O2. The number of nitrogens with zero attached hydrogens (tertiary/aromatic N) is 5. The van der Waals surface area contributed by atoms with E-state index in [0.717, 1.165) is 5.69 Å². The first-order chi connectivity index (χ1) is 7.58. The standard InChI is InChI=1S/C9H11N5O2/c1-6-8(9(15)16)10-12-14(6)5-7-3-4-13(2)11-7/h3-4H,5H2,1-2H3,(H,15,16). The van der Waals surface area contributed by atoms with Crippen molar-refractivity contribution in [2.24, 2.45) is 7.05 Å². The zero-order chi connectivity index (χ0) is 11.7. The molecule has 2 rings (SSSR count). The maximum Gasteiger partial charge on any atom is 0.358 e. The molecule has 16 heavy (non-hydrogen) atoms. The highest BCUT2D eigenvalue weighted by Crippen LogP contribution is 2.06. The van der Waals surface area contributed by atoms with E-state index in [4.69, 9.17) is 5.11 Å². The first-order valence-corrected chi connectivity index (χ1v) is 4.70. The summed E-state index contributed by atoms with van der Waals surface area (Å²) < 4.78 is 3.20. The molecule has 84 valence electrons. The molecule has 2 heterocycles. The van der Waals surface area contributed by atoms with Crippen LogP contribution in [0.2, 0.25) is 0 Å². The van der Waals surface area contributed by atoms with Crippen LogP contribution < -0.4 is 0 Å². The molecule has 0 radical (unpaired) electrons. The molecule has 0 bridgehead atoms. The fourth-order valence-electron chi connectivity index (χ4n) is 1.41. The molecule has 1 N–H and O–H groups in total. The lowest BCUT2D eigenvalue weighted by molar-refractivity contribution is 0.0689. The predicted molar refractivity (Wildman–Crippen MR) is 54.0 cm³/mol. The van der Waals surface area contributed by atoms with Gasteiger partial charge in [-0.1, -0.05) is 5.21 Å². The number of rotatable bonds is 3. The van der Waals surface area contributed by atoms with E-state index < -0.39 is 5.97 Å². The summed E-state index contributed by atoms with van der Waals surface area (Å²) in [4.78, 5) is 10.8. The molecule has 0 aromatic carbocycles. The maximum atomic E-state index is 10.8. The zero-order valence-corrected chi connectivity index (χ0v) is 8.95. The number of hydrogen-bond donors (Lipinski definition) is 1. The van der Waals surface area contributed by atoms with Gasteiger partial charge in [-0.3, -0.25) is 4.68 Å². The molecule has 0 aliphatic carbocycles. The Bertz CT molecular complexity index is 528. The van der Waals surface area contributed by atoms with E-state index in [-0.39, 0.29) is 5.69 Å². The van der Waals surface area contributed by atoms with Crippen molar-refractivity contribution in [3.63, 3.8) is 0 Å². The van der Waals surface area contributed by atoms with Crippen LogP contribution in [0.25, 0.3) is 0 Å². The van der Waals surface area contributed by atoms with E-state index >= 15 is 0 Å². The summed E-state index contributed by atoms with van der Waals surface area (Å²) in [6.45, 7) is 2.10. The molecule has 2 aromatic rings. The largest absolute Gasteiger partial charge is 0.476 e. The Hall–Kier alpha value is -2.18. The Labute approximate surface area is 91.3 Å². The molecule has 7 nitrogen and oxygen atoms in total. The van der Waals surface area contributed by atoms with Crippen molar-refractivity contribution in [2.75, 3.05) is 0 Å². The van der Waals surface area contributed by atoms with Gasteiger partial charge in [0.2, 0.25) is 0 Å². The van der Waals surface area contributed by atoms with Gasteiger partial charge < -0.3 is 5.11 Å². The Morgan fingerprint density at radius 2 is 2.31 bits per heavy atom. The molecule has 2 aromatic heterocycles. The van der Waals surface area contributed by atoms with Crippen molar-refractivity contribution in [3.05, 3.63) is 29.3 Å². The molecule has 0 fully saturated rings. The van der Waals surface area contributed by atoms with E-state index in [1.54, 1.807) is 11.6 Å². The molecule has 0 amide bonds. The van der Waals surface area contributed by atoms with Gasteiger partial charge in [-0.2, -0.15) is 5.10 Å². The molecule has 0 unspecified atom stereocenters. The van der Waals surface area contributed by atoms with Gasteiger partial charge >= 0.3 is 5.97 Å². The first kappa shape index (κ1) is 10.3. The number of carbonyl (C=O) groups is 1. The van der Waals surface area contributed by atoms with Gasteiger partial charge in [0.1, 0.15) is 0 Å². The fraction of sp³-hybridized carbons (Fsp3) is 0.333. The summed E-state index contributed by atoms with van der Waals surface area (Å²) >= 11 is 0. The van der Waals surface area contributed by atoms with Crippen LogP contribution in [0.3, 0.4) is 0 Å². The lowest BCUT2D eigenvalue weighted by atomic mass is 10.3. The minimum absolute atomic E-state index is 0.0177. The third kappa shape index (κ3) is 1.79. The van der Waals surface area contributed by atoms with Crippen LogP contribution in [0.4, 0.5) is 0 Å². The molecule has 0 spiro atoms. The van der Waals surface area contributed by atoms with E-state index in [2.05, 4.69) is 15.4 Å². The first-order valence-electron chi connectivity index (χ1n) is 4.70. The molecule has 0 saturated heterocycles. The van der Waals surface area contributed by atoms with Gasteiger partial charge in [0.15, 0.2) is 5.69 Å². The maximum absolute atomic E-state index is 10.8. The predicted octanol–water partition coefficient (Wildman–Crippen LogP) is 0.0665. The SMILES string of the molecule is Cc1c(C(=O)O)nnn1Cc1ccn(C)n1. The van der Waals surface area contributed by atoms with Crippen LogP contribution in [-0.2, 0) is 13.6 Å². The number of aryl methyl sites for hydroxylation is 1.